The lowest BCUT2D eigenvalue weighted by atomic mass is 10.1. The Morgan fingerprint density at radius 1 is 1.10 bits per heavy atom. The Hall–Kier alpha value is -3.63. The number of carbonyl (C=O) groups excluding carboxylic acids is 1. The van der Waals surface area contributed by atoms with Gasteiger partial charge in [-0.15, -0.1) is 0 Å². The van der Waals surface area contributed by atoms with Crippen LogP contribution in [0, 0.1) is 5.82 Å². The molecule has 0 saturated heterocycles. The van der Waals surface area contributed by atoms with Gasteiger partial charge in [0.2, 0.25) is 5.91 Å². The summed E-state index contributed by atoms with van der Waals surface area (Å²) in [4.78, 5) is 20.0. The largest absolute Gasteiger partial charge is 0.394 e. The summed E-state index contributed by atoms with van der Waals surface area (Å²) in [6, 6.07) is 8.64. The highest BCUT2D eigenvalue weighted by molar-refractivity contribution is 5.78. The number of aliphatic hydroxyl groups excluding tert-OH is 2. The molecule has 0 aliphatic rings. The Morgan fingerprint density at radius 3 is 2.50 bits per heavy atom. The number of hydrogen-bond donors (Lipinski definition) is 3. The maximum atomic E-state index is 13.4. The molecule has 1 amide bonds. The van der Waals surface area contributed by atoms with E-state index in [1.54, 1.807) is 28.8 Å². The molecule has 10 heteroatoms. The predicted molar refractivity (Wildman–Crippen MR) is 106 cm³/mol. The molecule has 3 aromatic heterocycles. The molecule has 154 valence electrons. The second-order valence-corrected chi connectivity index (χ2v) is 6.76. The van der Waals surface area contributed by atoms with Crippen molar-refractivity contribution in [3.63, 3.8) is 0 Å². The van der Waals surface area contributed by atoms with Gasteiger partial charge in [0.05, 0.1) is 55.3 Å². The molecule has 0 aliphatic heterocycles. The highest BCUT2D eigenvalue weighted by atomic mass is 19.1. The molecular formula is C20H19FN6O3. The molecule has 0 fully saturated rings. The topological polar surface area (TPSA) is 132 Å². The molecular weight excluding hydrogens is 391 g/mol. The van der Waals surface area contributed by atoms with E-state index in [-0.39, 0.29) is 25.5 Å². The molecule has 0 spiro atoms. The van der Waals surface area contributed by atoms with E-state index in [9.17, 15) is 19.4 Å². The van der Waals surface area contributed by atoms with E-state index >= 15 is 0 Å². The van der Waals surface area contributed by atoms with Gasteiger partial charge in [-0.2, -0.15) is 5.10 Å². The fraction of sp³-hybridized carbons (Fsp3) is 0.200. The smallest absolute Gasteiger partial charge is 0.223 e. The summed E-state index contributed by atoms with van der Waals surface area (Å²) in [6.45, 7) is -0.633. The fourth-order valence-corrected chi connectivity index (χ4v) is 3.29. The van der Waals surface area contributed by atoms with Crippen LogP contribution in [0.4, 0.5) is 4.39 Å². The second kappa shape index (κ2) is 8.01. The third-order valence-corrected chi connectivity index (χ3v) is 4.76. The Bertz CT molecular complexity index is 1200. The Balaban J connectivity index is 1.92. The van der Waals surface area contributed by atoms with Crippen molar-refractivity contribution in [3.05, 3.63) is 60.4 Å². The summed E-state index contributed by atoms with van der Waals surface area (Å²) in [5.41, 5.74) is 8.51. The van der Waals surface area contributed by atoms with E-state index in [0.29, 0.717) is 34.0 Å². The number of fused-ring (bicyclic) bond motifs is 1. The number of rotatable bonds is 7. The van der Waals surface area contributed by atoms with Gasteiger partial charge in [-0.1, -0.05) is 0 Å². The summed E-state index contributed by atoms with van der Waals surface area (Å²) in [5, 5.41) is 24.0. The number of hydrogen-bond acceptors (Lipinski definition) is 6. The Morgan fingerprint density at radius 2 is 1.83 bits per heavy atom. The van der Waals surface area contributed by atoms with Crippen LogP contribution in [0.5, 0.6) is 0 Å². The molecule has 0 atom stereocenters. The molecule has 9 nitrogen and oxygen atoms in total. The van der Waals surface area contributed by atoms with Crippen LogP contribution in [0.3, 0.4) is 0 Å². The number of halogens is 1. The summed E-state index contributed by atoms with van der Waals surface area (Å²) in [7, 11) is 0. The van der Waals surface area contributed by atoms with Crippen LogP contribution in [-0.4, -0.2) is 53.5 Å². The van der Waals surface area contributed by atoms with Crippen LogP contribution in [0.25, 0.3) is 28.3 Å². The summed E-state index contributed by atoms with van der Waals surface area (Å²) >= 11 is 0. The molecule has 3 heterocycles. The van der Waals surface area contributed by atoms with Crippen molar-refractivity contribution in [2.75, 3.05) is 13.2 Å². The number of benzene rings is 1. The van der Waals surface area contributed by atoms with Gasteiger partial charge < -0.3 is 20.5 Å². The first-order chi connectivity index (χ1) is 14.5. The molecule has 0 aliphatic carbocycles. The molecule has 1 aromatic carbocycles. The van der Waals surface area contributed by atoms with Crippen LogP contribution < -0.4 is 5.73 Å². The van der Waals surface area contributed by atoms with Crippen molar-refractivity contribution in [2.45, 2.75) is 12.5 Å². The first-order valence-electron chi connectivity index (χ1n) is 9.18. The summed E-state index contributed by atoms with van der Waals surface area (Å²) < 4.78 is 16.5. The van der Waals surface area contributed by atoms with Gasteiger partial charge in [0, 0.05) is 5.56 Å². The average Bonchev–Trinajstić information content (AvgIpc) is 3.34. The van der Waals surface area contributed by atoms with Crippen molar-refractivity contribution < 1.29 is 19.4 Å². The van der Waals surface area contributed by atoms with E-state index < -0.39 is 11.9 Å². The molecule has 4 N–H and O–H groups in total. The SMILES string of the molecule is NC(=O)Cc1cnc2ccc(-c3c(-c4ccc(F)cc4)ncn3C(CO)CO)nn12. The van der Waals surface area contributed by atoms with E-state index in [0.717, 1.165) is 0 Å². The maximum Gasteiger partial charge on any atom is 0.223 e. The predicted octanol–water partition coefficient (Wildman–Crippen LogP) is 0.952. The normalized spacial score (nSPS) is 11.5. The van der Waals surface area contributed by atoms with Crippen LogP contribution >= 0.6 is 0 Å². The number of imidazole rings is 2. The monoisotopic (exact) mass is 410 g/mol. The van der Waals surface area contributed by atoms with Crippen LogP contribution in [-0.2, 0) is 11.2 Å². The van der Waals surface area contributed by atoms with Crippen molar-refractivity contribution in [1.82, 2.24) is 24.1 Å². The minimum atomic E-state index is -0.646. The first kappa shape index (κ1) is 19.7. The van der Waals surface area contributed by atoms with Gasteiger partial charge in [0.1, 0.15) is 11.5 Å². The van der Waals surface area contributed by atoms with Crippen molar-refractivity contribution in [1.29, 1.82) is 0 Å². The Labute approximate surface area is 170 Å². The minimum Gasteiger partial charge on any atom is -0.394 e. The van der Waals surface area contributed by atoms with Gasteiger partial charge in [-0.25, -0.2) is 18.9 Å². The molecule has 0 unspecified atom stereocenters. The van der Waals surface area contributed by atoms with E-state index in [4.69, 9.17) is 5.73 Å². The zero-order chi connectivity index (χ0) is 21.3. The first-order valence-corrected chi connectivity index (χ1v) is 9.18. The standard InChI is InChI=1S/C20H19FN6O3/c21-13-3-1-12(2-4-13)19-20(26(11-24-19)15(9-28)10-29)16-5-6-18-23-8-14(7-17(22)30)27(18)25-16/h1-6,8,11,15,28-29H,7,9-10H2,(H2,22,30). The molecule has 0 bridgehead atoms. The highest BCUT2D eigenvalue weighted by Crippen LogP contribution is 2.32. The lowest BCUT2D eigenvalue weighted by Gasteiger charge is -2.17. The number of amides is 1. The van der Waals surface area contributed by atoms with E-state index in [2.05, 4.69) is 15.1 Å². The average molecular weight is 410 g/mol. The van der Waals surface area contributed by atoms with Crippen LogP contribution in [0.15, 0.2) is 48.9 Å². The van der Waals surface area contributed by atoms with E-state index in [1.165, 1.54) is 29.2 Å². The zero-order valence-corrected chi connectivity index (χ0v) is 15.8. The maximum absolute atomic E-state index is 13.4. The third kappa shape index (κ3) is 3.53. The number of nitrogens with zero attached hydrogens (tertiary/aromatic N) is 5. The van der Waals surface area contributed by atoms with Crippen LogP contribution in [0.2, 0.25) is 0 Å². The summed E-state index contributed by atoms with van der Waals surface area (Å²) in [5.74, 6) is -0.890. The zero-order valence-electron chi connectivity index (χ0n) is 15.8. The minimum absolute atomic E-state index is 0.0302. The van der Waals surface area contributed by atoms with Crippen molar-refractivity contribution in [3.8, 4) is 22.6 Å². The van der Waals surface area contributed by atoms with Crippen molar-refractivity contribution in [2.24, 2.45) is 5.73 Å². The number of aliphatic hydroxyl groups is 2. The van der Waals surface area contributed by atoms with Gasteiger partial charge in [-0.05, 0) is 36.4 Å². The molecule has 4 rings (SSSR count). The third-order valence-electron chi connectivity index (χ3n) is 4.76. The number of aromatic nitrogens is 5. The van der Waals surface area contributed by atoms with Gasteiger partial charge in [-0.3, -0.25) is 4.79 Å². The van der Waals surface area contributed by atoms with Crippen molar-refractivity contribution >= 4 is 11.6 Å². The number of nitrogens with two attached hydrogens (primary N) is 1. The lowest BCUT2D eigenvalue weighted by molar-refractivity contribution is -0.117. The molecule has 0 saturated carbocycles. The van der Waals surface area contributed by atoms with Gasteiger partial charge in [0.25, 0.3) is 0 Å². The number of primary amides is 1. The van der Waals surface area contributed by atoms with Crippen LogP contribution in [0.1, 0.15) is 11.7 Å². The lowest BCUT2D eigenvalue weighted by Crippen LogP contribution is -2.18. The second-order valence-electron chi connectivity index (χ2n) is 6.76. The highest BCUT2D eigenvalue weighted by Gasteiger charge is 2.22. The molecule has 0 radical (unpaired) electrons. The summed E-state index contributed by atoms with van der Waals surface area (Å²) in [6.07, 6.45) is 2.99. The van der Waals surface area contributed by atoms with Gasteiger partial charge in [0.15, 0.2) is 5.65 Å². The quantitative estimate of drug-likeness (QED) is 0.416. The fourth-order valence-electron chi connectivity index (χ4n) is 3.29. The number of carbonyl (C=O) groups is 1. The van der Waals surface area contributed by atoms with E-state index in [1.807, 2.05) is 0 Å². The molecule has 30 heavy (non-hydrogen) atoms. The van der Waals surface area contributed by atoms with Gasteiger partial charge >= 0.3 is 0 Å². The molecule has 4 aromatic rings. The Kier molecular flexibility index (Phi) is 5.25.